The predicted molar refractivity (Wildman–Crippen MR) is 116 cm³/mol. The minimum atomic E-state index is -4.76. The van der Waals surface area contributed by atoms with E-state index < -0.39 is 23.9 Å². The van der Waals surface area contributed by atoms with Gasteiger partial charge in [0.15, 0.2) is 0 Å². The van der Waals surface area contributed by atoms with Crippen molar-refractivity contribution < 1.29 is 27.6 Å². The van der Waals surface area contributed by atoms with Crippen molar-refractivity contribution >= 4 is 58.1 Å². The molecule has 0 bridgehead atoms. The molecule has 0 unspecified atom stereocenters. The van der Waals surface area contributed by atoms with E-state index in [9.17, 15) is 27.6 Å². The summed E-state index contributed by atoms with van der Waals surface area (Å²) in [6.07, 6.45) is -0.229. The van der Waals surface area contributed by atoms with Gasteiger partial charge in [0.05, 0.1) is 10.6 Å². The van der Waals surface area contributed by atoms with Gasteiger partial charge in [0.25, 0.3) is 10.0 Å². The molecule has 0 aromatic heterocycles. The molecule has 0 atom stereocenters. The van der Waals surface area contributed by atoms with Gasteiger partial charge in [-0.3, -0.25) is 13.7 Å². The molecular weight excluding hydrogens is 474 g/mol. The van der Waals surface area contributed by atoms with Gasteiger partial charge in [0.2, 0.25) is 5.91 Å². The van der Waals surface area contributed by atoms with E-state index in [1.54, 1.807) is 17.9 Å². The number of amides is 1. The molecule has 0 spiro atoms. The lowest BCUT2D eigenvalue weighted by Crippen LogP contribution is -2.32. The second kappa shape index (κ2) is 8.49. The summed E-state index contributed by atoms with van der Waals surface area (Å²) in [5.41, 5.74) is 1.44. The van der Waals surface area contributed by atoms with Crippen molar-refractivity contribution in [3.63, 3.8) is 0 Å². The predicted octanol–water partition coefficient (Wildman–Crippen LogP) is 3.62. The zero-order valence-corrected chi connectivity index (χ0v) is 19.0. The number of fused-ring (bicyclic) bond motifs is 1. The first-order valence-corrected chi connectivity index (χ1v) is 12.9. The van der Waals surface area contributed by atoms with Crippen molar-refractivity contribution in [1.29, 1.82) is 0 Å². The van der Waals surface area contributed by atoms with Crippen molar-refractivity contribution in [1.82, 2.24) is 0 Å². The van der Waals surface area contributed by atoms with Crippen LogP contribution in [-0.2, 0) is 25.8 Å². The zero-order chi connectivity index (χ0) is 22.3. The molecule has 8 nitrogen and oxygen atoms in total. The van der Waals surface area contributed by atoms with Crippen LogP contribution in [-0.4, -0.2) is 36.9 Å². The molecule has 30 heavy (non-hydrogen) atoms. The van der Waals surface area contributed by atoms with Gasteiger partial charge in [-0.2, -0.15) is 0 Å². The maximum absolute atomic E-state index is 13.2. The first kappa shape index (κ1) is 23.1. The van der Waals surface area contributed by atoms with Gasteiger partial charge in [0, 0.05) is 28.7 Å². The van der Waals surface area contributed by atoms with Crippen LogP contribution >= 0.6 is 30.8 Å². The average molecular weight is 493 g/mol. The highest BCUT2D eigenvalue weighted by atomic mass is 35.5. The molecule has 0 saturated carbocycles. The highest BCUT2D eigenvalue weighted by Crippen LogP contribution is 2.41. The first-order chi connectivity index (χ1) is 13.9. The molecule has 0 fully saturated rings. The van der Waals surface area contributed by atoms with Crippen LogP contribution in [0.4, 0.5) is 11.4 Å². The Kier molecular flexibility index (Phi) is 6.53. The molecule has 0 radical (unpaired) electrons. The van der Waals surface area contributed by atoms with Crippen LogP contribution in [0.25, 0.3) is 0 Å². The lowest BCUT2D eigenvalue weighted by molar-refractivity contribution is -0.118. The summed E-state index contributed by atoms with van der Waals surface area (Å²) in [7, 11) is -9.16. The summed E-state index contributed by atoms with van der Waals surface area (Å²) in [6.45, 7) is 2.21. The van der Waals surface area contributed by atoms with E-state index >= 15 is 0 Å². The number of benzene rings is 2. The average Bonchev–Trinajstić information content (AvgIpc) is 3.07. The fourth-order valence-electron chi connectivity index (χ4n) is 3.26. The summed E-state index contributed by atoms with van der Waals surface area (Å²) in [4.78, 5) is 32.4. The minimum absolute atomic E-state index is 0.0604. The Hall–Kier alpha value is -1.61. The van der Waals surface area contributed by atoms with Gasteiger partial charge in [-0.15, -0.1) is 0 Å². The molecule has 0 aliphatic carbocycles. The van der Waals surface area contributed by atoms with E-state index in [0.29, 0.717) is 34.9 Å². The van der Waals surface area contributed by atoms with E-state index in [-0.39, 0.29) is 26.5 Å². The van der Waals surface area contributed by atoms with Crippen molar-refractivity contribution in [2.75, 3.05) is 22.0 Å². The number of carbonyl (C=O) groups excluding carboxylic acids is 1. The quantitative estimate of drug-likeness (QED) is 0.595. The van der Waals surface area contributed by atoms with Crippen LogP contribution in [0.1, 0.15) is 18.9 Å². The summed E-state index contributed by atoms with van der Waals surface area (Å²) in [5, 5.41) is 0.139. The lowest BCUT2D eigenvalue weighted by atomic mass is 10.1. The van der Waals surface area contributed by atoms with Crippen LogP contribution in [0.2, 0.25) is 10.0 Å². The van der Waals surface area contributed by atoms with Gasteiger partial charge in [-0.1, -0.05) is 30.1 Å². The van der Waals surface area contributed by atoms with Gasteiger partial charge < -0.3 is 14.7 Å². The molecule has 1 aliphatic heterocycles. The third-order valence-electron chi connectivity index (χ3n) is 4.59. The summed E-state index contributed by atoms with van der Waals surface area (Å²) in [5.74, 6) is -0.0604. The summed E-state index contributed by atoms with van der Waals surface area (Å²) in [6, 6.07) is 8.19. The molecule has 0 saturated heterocycles. The van der Waals surface area contributed by atoms with Gasteiger partial charge in [-0.05, 0) is 48.4 Å². The maximum Gasteiger partial charge on any atom is 0.345 e. The first-order valence-electron chi connectivity index (χ1n) is 8.89. The molecule has 1 aliphatic rings. The van der Waals surface area contributed by atoms with Crippen LogP contribution < -0.4 is 9.21 Å². The van der Waals surface area contributed by atoms with Crippen LogP contribution in [0.3, 0.4) is 0 Å². The van der Waals surface area contributed by atoms with E-state index in [2.05, 4.69) is 0 Å². The number of rotatable bonds is 6. The smallest absolute Gasteiger partial charge is 0.323 e. The Morgan fingerprint density at radius 2 is 1.80 bits per heavy atom. The van der Waals surface area contributed by atoms with Crippen LogP contribution in [0, 0.1) is 0 Å². The number of hydrogen-bond donors (Lipinski definition) is 2. The SMILES string of the molecule is CCC(=O)N1CCc2cc(N(CP(=O)(O)O)S(=O)(=O)c3cc(Cl)cc(Cl)c3)ccc21. The van der Waals surface area contributed by atoms with E-state index in [1.807, 2.05) is 0 Å². The van der Waals surface area contributed by atoms with Gasteiger partial charge in [0.1, 0.15) is 6.29 Å². The molecule has 162 valence electrons. The Balaban J connectivity index is 2.10. The molecule has 2 aromatic rings. The maximum atomic E-state index is 13.2. The van der Waals surface area contributed by atoms with Crippen molar-refractivity contribution in [3.05, 3.63) is 52.0 Å². The Morgan fingerprint density at radius 3 is 2.37 bits per heavy atom. The fraction of sp³-hybridized carbons (Fsp3) is 0.278. The number of hydrogen-bond acceptors (Lipinski definition) is 4. The number of anilines is 2. The minimum Gasteiger partial charge on any atom is -0.323 e. The highest BCUT2D eigenvalue weighted by Gasteiger charge is 2.33. The summed E-state index contributed by atoms with van der Waals surface area (Å²) >= 11 is 11.8. The summed E-state index contributed by atoms with van der Waals surface area (Å²) < 4.78 is 38.8. The van der Waals surface area contributed by atoms with Gasteiger partial charge >= 0.3 is 7.60 Å². The van der Waals surface area contributed by atoms with Crippen molar-refractivity contribution in [2.45, 2.75) is 24.7 Å². The third-order valence-corrected chi connectivity index (χ3v) is 7.62. The fourth-order valence-corrected chi connectivity index (χ4v) is 6.67. The van der Waals surface area contributed by atoms with E-state index in [4.69, 9.17) is 23.2 Å². The molecule has 1 heterocycles. The zero-order valence-electron chi connectivity index (χ0n) is 15.8. The Bertz CT molecular complexity index is 1130. The van der Waals surface area contributed by atoms with E-state index in [1.165, 1.54) is 18.2 Å². The van der Waals surface area contributed by atoms with Crippen molar-refractivity contribution in [2.24, 2.45) is 0 Å². The molecule has 2 N–H and O–H groups in total. The van der Waals surface area contributed by atoms with Gasteiger partial charge in [-0.25, -0.2) is 8.42 Å². The number of carbonyl (C=O) groups is 1. The van der Waals surface area contributed by atoms with Crippen molar-refractivity contribution in [3.8, 4) is 0 Å². The number of sulfonamides is 1. The molecule has 1 amide bonds. The Labute approximate surface area is 184 Å². The number of halogens is 2. The van der Waals surface area contributed by atoms with Crippen LogP contribution in [0.5, 0.6) is 0 Å². The molecule has 3 rings (SSSR count). The second-order valence-corrected chi connectivity index (χ2v) is 11.1. The largest absolute Gasteiger partial charge is 0.345 e. The lowest BCUT2D eigenvalue weighted by Gasteiger charge is -2.26. The molecular formula is C18H19Cl2N2O6PS. The Morgan fingerprint density at radius 1 is 1.17 bits per heavy atom. The standard InChI is InChI=1S/C18H19Cl2N2O6PS/c1-2-18(23)21-6-5-12-7-15(3-4-17(12)21)22(11-29(24,25)26)30(27,28)16-9-13(19)8-14(20)10-16/h3-4,7-10H,2,5-6,11H2,1H3,(H2,24,25,26). The highest BCUT2D eigenvalue weighted by molar-refractivity contribution is 7.93. The topological polar surface area (TPSA) is 115 Å². The van der Waals surface area contributed by atoms with Crippen LogP contribution in [0.15, 0.2) is 41.3 Å². The monoisotopic (exact) mass is 492 g/mol. The number of nitrogens with zero attached hydrogens (tertiary/aromatic N) is 2. The third kappa shape index (κ3) is 4.82. The normalized spacial score (nSPS) is 14.0. The second-order valence-electron chi connectivity index (χ2n) is 6.73. The molecule has 12 heteroatoms. The van der Waals surface area contributed by atoms with E-state index in [0.717, 1.165) is 12.1 Å². The molecule has 2 aromatic carbocycles.